The van der Waals surface area contributed by atoms with Crippen molar-refractivity contribution < 1.29 is 4.42 Å². The summed E-state index contributed by atoms with van der Waals surface area (Å²) in [5.74, 6) is 0. The third kappa shape index (κ3) is 4.52. The average molecular weight is 579 g/mol. The SMILES string of the molecule is ClC1=C(N(c2ccc(-c3ccccc3)cc2)c2cccc3oc4ccccc4c23)CCC=C1N1CCCc2ccccc21. The summed E-state index contributed by atoms with van der Waals surface area (Å²) >= 11 is 7.52. The lowest BCUT2D eigenvalue weighted by Crippen LogP contribution is -2.31. The number of halogens is 1. The van der Waals surface area contributed by atoms with Crippen molar-refractivity contribution >= 4 is 50.6 Å². The zero-order valence-corrected chi connectivity index (χ0v) is 24.6. The zero-order chi connectivity index (χ0) is 28.8. The second-order valence-corrected chi connectivity index (χ2v) is 11.6. The van der Waals surface area contributed by atoms with E-state index in [0.717, 1.165) is 82.0 Å². The third-order valence-electron chi connectivity index (χ3n) is 8.72. The molecule has 1 aromatic heterocycles. The first-order valence-corrected chi connectivity index (χ1v) is 15.4. The average Bonchev–Trinajstić information content (AvgIpc) is 3.46. The standard InChI is InChI=1S/C39H31ClN2O/c40-39-34(41-26-10-14-29-13-4-6-16-32(29)41)18-8-19-35(39)42(30-24-22-28(23-25-30)27-11-2-1-3-12-27)33-17-9-21-37-38(33)31-15-5-7-20-36(31)43-37/h1-7,9,11-13,15-18,20-25H,8,10,14,19,26H2. The van der Waals surface area contributed by atoms with Crippen LogP contribution >= 0.6 is 11.6 Å². The minimum Gasteiger partial charge on any atom is -0.456 e. The Kier molecular flexibility index (Phi) is 6.54. The van der Waals surface area contributed by atoms with Gasteiger partial charge in [0.05, 0.1) is 21.8 Å². The fourth-order valence-corrected chi connectivity index (χ4v) is 7.09. The lowest BCUT2D eigenvalue weighted by atomic mass is 9.98. The maximum atomic E-state index is 7.52. The lowest BCUT2D eigenvalue weighted by Gasteiger charge is -2.37. The summed E-state index contributed by atoms with van der Waals surface area (Å²) in [6, 6.07) is 42.7. The molecule has 0 fully saturated rings. The molecule has 0 unspecified atom stereocenters. The Morgan fingerprint density at radius 1 is 0.674 bits per heavy atom. The van der Waals surface area contributed by atoms with Crippen LogP contribution in [0.1, 0.15) is 24.8 Å². The number of aryl methyl sites for hydroxylation is 1. The molecule has 210 valence electrons. The van der Waals surface area contributed by atoms with E-state index in [2.05, 4.69) is 125 Å². The normalized spacial score (nSPS) is 15.1. The number of fused-ring (bicyclic) bond motifs is 4. The van der Waals surface area contributed by atoms with Crippen molar-refractivity contribution in [3.05, 3.63) is 149 Å². The summed E-state index contributed by atoms with van der Waals surface area (Å²) in [6.07, 6.45) is 6.28. The first-order chi connectivity index (χ1) is 21.3. The monoisotopic (exact) mass is 578 g/mol. The van der Waals surface area contributed by atoms with Gasteiger partial charge in [0.2, 0.25) is 0 Å². The molecule has 1 aliphatic carbocycles. The Morgan fingerprint density at radius 3 is 2.30 bits per heavy atom. The predicted octanol–water partition coefficient (Wildman–Crippen LogP) is 11.0. The minimum absolute atomic E-state index is 0.805. The summed E-state index contributed by atoms with van der Waals surface area (Å²) < 4.78 is 6.33. The summed E-state index contributed by atoms with van der Waals surface area (Å²) in [4.78, 5) is 4.79. The molecule has 2 heterocycles. The molecule has 6 aromatic rings. The Balaban J connectivity index is 1.31. The Morgan fingerprint density at radius 2 is 1.42 bits per heavy atom. The van der Waals surface area contributed by atoms with Crippen LogP contribution in [-0.2, 0) is 6.42 Å². The van der Waals surface area contributed by atoms with Crippen LogP contribution in [0.5, 0.6) is 0 Å². The highest BCUT2D eigenvalue weighted by Crippen LogP contribution is 2.46. The Hall–Kier alpha value is -4.73. The van der Waals surface area contributed by atoms with Crippen LogP contribution in [0.15, 0.2) is 148 Å². The van der Waals surface area contributed by atoms with Gasteiger partial charge in [0.25, 0.3) is 0 Å². The zero-order valence-electron chi connectivity index (χ0n) is 23.8. The van der Waals surface area contributed by atoms with Gasteiger partial charge in [-0.25, -0.2) is 0 Å². The number of hydrogen-bond acceptors (Lipinski definition) is 3. The highest BCUT2D eigenvalue weighted by Gasteiger charge is 2.29. The van der Waals surface area contributed by atoms with Crippen LogP contribution in [0.4, 0.5) is 17.1 Å². The van der Waals surface area contributed by atoms with Crippen molar-refractivity contribution in [3.63, 3.8) is 0 Å². The van der Waals surface area contributed by atoms with Gasteiger partial charge in [0, 0.05) is 29.0 Å². The van der Waals surface area contributed by atoms with E-state index in [9.17, 15) is 0 Å². The highest BCUT2D eigenvalue weighted by molar-refractivity contribution is 6.33. The van der Waals surface area contributed by atoms with Crippen LogP contribution < -0.4 is 9.80 Å². The number of rotatable bonds is 5. The molecule has 0 amide bonds. The number of para-hydroxylation sites is 2. The highest BCUT2D eigenvalue weighted by atomic mass is 35.5. The van der Waals surface area contributed by atoms with Gasteiger partial charge in [-0.1, -0.05) is 103 Å². The first-order valence-electron chi connectivity index (χ1n) is 15.1. The van der Waals surface area contributed by atoms with E-state index in [0.29, 0.717) is 0 Å². The van der Waals surface area contributed by atoms with Crippen molar-refractivity contribution in [2.75, 3.05) is 16.3 Å². The van der Waals surface area contributed by atoms with Crippen LogP contribution in [0.3, 0.4) is 0 Å². The Bertz CT molecular complexity index is 2020. The van der Waals surface area contributed by atoms with E-state index in [1.807, 2.05) is 12.1 Å². The van der Waals surface area contributed by atoms with Gasteiger partial charge in [-0.2, -0.15) is 0 Å². The maximum absolute atomic E-state index is 7.52. The molecule has 0 saturated carbocycles. The summed E-state index contributed by atoms with van der Waals surface area (Å²) in [6.45, 7) is 0.958. The largest absolute Gasteiger partial charge is 0.456 e. The molecule has 0 radical (unpaired) electrons. The van der Waals surface area contributed by atoms with Crippen molar-refractivity contribution in [2.45, 2.75) is 25.7 Å². The molecule has 5 aromatic carbocycles. The van der Waals surface area contributed by atoms with E-state index < -0.39 is 0 Å². The lowest BCUT2D eigenvalue weighted by molar-refractivity contribution is 0.669. The summed E-state index contributed by atoms with van der Waals surface area (Å²) in [5, 5.41) is 3.01. The molecule has 1 aliphatic heterocycles. The molecular formula is C39H31ClN2O. The smallest absolute Gasteiger partial charge is 0.137 e. The number of nitrogens with zero attached hydrogens (tertiary/aromatic N) is 2. The molecule has 2 aliphatic rings. The quantitative estimate of drug-likeness (QED) is 0.203. The second-order valence-electron chi connectivity index (χ2n) is 11.3. The van der Waals surface area contributed by atoms with Gasteiger partial charge in [-0.15, -0.1) is 0 Å². The van der Waals surface area contributed by atoms with Crippen LogP contribution in [0, 0.1) is 0 Å². The first kappa shape index (κ1) is 25.9. The van der Waals surface area contributed by atoms with E-state index in [1.165, 1.54) is 22.4 Å². The molecule has 0 bridgehead atoms. The van der Waals surface area contributed by atoms with Crippen molar-refractivity contribution in [3.8, 4) is 11.1 Å². The molecule has 0 N–H and O–H groups in total. The van der Waals surface area contributed by atoms with Gasteiger partial charge >= 0.3 is 0 Å². The van der Waals surface area contributed by atoms with Gasteiger partial charge in [-0.3, -0.25) is 0 Å². The van der Waals surface area contributed by atoms with Crippen LogP contribution in [0.2, 0.25) is 0 Å². The third-order valence-corrected chi connectivity index (χ3v) is 9.13. The second kappa shape index (κ2) is 10.8. The molecule has 43 heavy (non-hydrogen) atoms. The van der Waals surface area contributed by atoms with Gasteiger partial charge in [0.15, 0.2) is 0 Å². The van der Waals surface area contributed by atoms with E-state index in [4.69, 9.17) is 16.0 Å². The van der Waals surface area contributed by atoms with E-state index in [1.54, 1.807) is 0 Å². The van der Waals surface area contributed by atoms with E-state index in [-0.39, 0.29) is 0 Å². The number of anilines is 3. The van der Waals surface area contributed by atoms with Crippen LogP contribution in [0.25, 0.3) is 33.1 Å². The van der Waals surface area contributed by atoms with E-state index >= 15 is 0 Å². The fraction of sp³-hybridized carbons (Fsp3) is 0.128. The number of benzene rings is 5. The summed E-state index contributed by atoms with van der Waals surface area (Å²) in [5.41, 5.74) is 11.1. The number of hydrogen-bond donors (Lipinski definition) is 0. The van der Waals surface area contributed by atoms with Gasteiger partial charge in [0.1, 0.15) is 11.2 Å². The fourth-order valence-electron chi connectivity index (χ4n) is 6.73. The molecular weight excluding hydrogens is 548 g/mol. The molecule has 4 heteroatoms. The number of furan rings is 1. The van der Waals surface area contributed by atoms with Crippen molar-refractivity contribution in [1.29, 1.82) is 0 Å². The maximum Gasteiger partial charge on any atom is 0.137 e. The molecule has 3 nitrogen and oxygen atoms in total. The van der Waals surface area contributed by atoms with Crippen LogP contribution in [-0.4, -0.2) is 6.54 Å². The Labute approximate surface area is 256 Å². The molecule has 0 atom stereocenters. The predicted molar refractivity (Wildman–Crippen MR) is 180 cm³/mol. The van der Waals surface area contributed by atoms with Gasteiger partial charge in [-0.05, 0) is 78.8 Å². The van der Waals surface area contributed by atoms with Gasteiger partial charge < -0.3 is 14.2 Å². The van der Waals surface area contributed by atoms with Crippen molar-refractivity contribution in [2.24, 2.45) is 0 Å². The summed E-state index contributed by atoms with van der Waals surface area (Å²) in [7, 11) is 0. The van der Waals surface area contributed by atoms with Crippen molar-refractivity contribution in [1.82, 2.24) is 0 Å². The number of allylic oxidation sites excluding steroid dienone is 3. The topological polar surface area (TPSA) is 19.6 Å². The molecule has 0 saturated heterocycles. The minimum atomic E-state index is 0.805. The molecule has 8 rings (SSSR count). The molecule has 0 spiro atoms.